The van der Waals surface area contributed by atoms with E-state index in [2.05, 4.69) is 28.5 Å². The third kappa shape index (κ3) is 4.80. The van der Waals surface area contributed by atoms with E-state index in [0.717, 1.165) is 18.7 Å². The van der Waals surface area contributed by atoms with Crippen LogP contribution in [0.4, 0.5) is 10.1 Å². The average Bonchev–Trinajstić information content (AvgIpc) is 3.30. The molecular formula is C25H26FN3O4S. The highest BCUT2D eigenvalue weighted by molar-refractivity contribution is 7.86. The number of aromatic carboxylic acids is 1. The largest absolute Gasteiger partial charge is 0.491 e. The Bertz CT molecular complexity index is 1290. The highest BCUT2D eigenvalue weighted by Gasteiger charge is 2.23. The van der Waals surface area contributed by atoms with Crippen LogP contribution < -0.4 is 9.46 Å². The predicted molar refractivity (Wildman–Crippen MR) is 131 cm³/mol. The molecule has 1 aliphatic heterocycles. The van der Waals surface area contributed by atoms with Crippen LogP contribution in [0.1, 0.15) is 35.3 Å². The van der Waals surface area contributed by atoms with Crippen LogP contribution in [0.2, 0.25) is 0 Å². The quantitative estimate of drug-likeness (QED) is 0.466. The topological polar surface area (TPSA) is 91.8 Å². The van der Waals surface area contributed by atoms with E-state index in [9.17, 15) is 18.5 Å². The molecule has 2 N–H and O–H groups in total. The van der Waals surface area contributed by atoms with Gasteiger partial charge in [0.15, 0.2) is 11.0 Å². The molecule has 3 aromatic rings. The molecule has 0 aliphatic carbocycles. The van der Waals surface area contributed by atoms with Crippen LogP contribution in [0.5, 0.6) is 5.75 Å². The van der Waals surface area contributed by atoms with Crippen LogP contribution in [0.3, 0.4) is 0 Å². The van der Waals surface area contributed by atoms with Crippen molar-refractivity contribution in [3.8, 4) is 5.75 Å². The maximum Gasteiger partial charge on any atom is 0.340 e. The molecule has 4 rings (SSSR count). The normalized spacial score (nSPS) is 13.9. The van der Waals surface area contributed by atoms with Crippen molar-refractivity contribution in [3.63, 3.8) is 0 Å². The van der Waals surface area contributed by atoms with Gasteiger partial charge >= 0.3 is 5.97 Å². The SMILES string of the molecule is CCN(CC)C/C=C\c1cc(F)ccc1S(=O)Nc1ccc2c3c(cnc2c1C(=O)O)OCC3. The van der Waals surface area contributed by atoms with Crippen LogP contribution >= 0.6 is 0 Å². The van der Waals surface area contributed by atoms with Crippen LogP contribution in [-0.2, 0) is 17.4 Å². The van der Waals surface area contributed by atoms with Gasteiger partial charge in [-0.25, -0.2) is 13.4 Å². The number of carboxylic acid groups (broad SMARTS) is 1. The van der Waals surface area contributed by atoms with Crippen molar-refractivity contribution in [2.24, 2.45) is 0 Å². The summed E-state index contributed by atoms with van der Waals surface area (Å²) in [5.41, 5.74) is 1.79. The highest BCUT2D eigenvalue weighted by Crippen LogP contribution is 2.35. The number of aromatic nitrogens is 1. The minimum atomic E-state index is -1.84. The van der Waals surface area contributed by atoms with Gasteiger partial charge in [0, 0.05) is 23.9 Å². The maximum atomic E-state index is 13.9. The molecule has 1 aliphatic rings. The zero-order chi connectivity index (χ0) is 24.2. The molecule has 0 fully saturated rings. The first-order chi connectivity index (χ1) is 16.4. The standard InChI is InChI=1S/C25H26FN3O4S/c1-3-29(4-2)12-5-6-16-14-17(26)7-10-22(16)34(32)28-20-9-8-19-18-11-13-33-21(18)15-27-24(19)23(20)25(30)31/h5-10,14-15,28H,3-4,11-13H2,1-2H3,(H,30,31)/b6-5-. The smallest absolute Gasteiger partial charge is 0.340 e. The molecule has 2 aromatic carbocycles. The predicted octanol–water partition coefficient (Wildman–Crippen LogP) is 4.50. The fourth-order valence-corrected chi connectivity index (χ4v) is 5.05. The Balaban J connectivity index is 1.67. The number of carbonyl (C=O) groups is 1. The first-order valence-electron chi connectivity index (χ1n) is 11.1. The van der Waals surface area contributed by atoms with E-state index in [1.165, 1.54) is 24.4 Å². The Kier molecular flexibility index (Phi) is 7.23. The molecule has 2 heterocycles. The molecule has 7 nitrogen and oxygen atoms in total. The highest BCUT2D eigenvalue weighted by atomic mass is 32.2. The number of hydrogen-bond acceptors (Lipinski definition) is 5. The summed E-state index contributed by atoms with van der Waals surface area (Å²) in [6.45, 7) is 7.09. The second-order valence-corrected chi connectivity index (χ2v) is 9.01. The molecule has 1 aromatic heterocycles. The lowest BCUT2D eigenvalue weighted by Gasteiger charge is -2.15. The molecule has 0 radical (unpaired) electrons. The van der Waals surface area contributed by atoms with Gasteiger partial charge in [0.2, 0.25) is 0 Å². The number of nitrogens with one attached hydrogen (secondary N) is 1. The lowest BCUT2D eigenvalue weighted by molar-refractivity contribution is 0.0700. The van der Waals surface area contributed by atoms with Crippen molar-refractivity contribution >= 4 is 39.6 Å². The molecule has 178 valence electrons. The number of anilines is 1. The Morgan fingerprint density at radius 3 is 2.82 bits per heavy atom. The van der Waals surface area contributed by atoms with Gasteiger partial charge < -0.3 is 19.5 Å². The fourth-order valence-electron chi connectivity index (χ4n) is 4.03. The van der Waals surface area contributed by atoms with Crippen molar-refractivity contribution in [3.05, 3.63) is 65.1 Å². The Labute approximate surface area is 199 Å². The first-order valence-corrected chi connectivity index (χ1v) is 12.3. The van der Waals surface area contributed by atoms with Crippen LogP contribution in [0, 0.1) is 5.82 Å². The summed E-state index contributed by atoms with van der Waals surface area (Å²) in [6, 6.07) is 7.34. The van der Waals surface area contributed by atoms with Gasteiger partial charge in [0.1, 0.15) is 17.1 Å². The van der Waals surface area contributed by atoms with E-state index < -0.39 is 22.8 Å². The van der Waals surface area contributed by atoms with E-state index in [1.54, 1.807) is 18.2 Å². The number of pyridine rings is 1. The maximum absolute atomic E-state index is 13.9. The summed E-state index contributed by atoms with van der Waals surface area (Å²) in [5, 5.41) is 10.6. The lowest BCUT2D eigenvalue weighted by Crippen LogP contribution is -2.22. The van der Waals surface area contributed by atoms with E-state index in [-0.39, 0.29) is 11.3 Å². The van der Waals surface area contributed by atoms with Crippen molar-refractivity contribution in [1.82, 2.24) is 9.88 Å². The Morgan fingerprint density at radius 2 is 2.09 bits per heavy atom. The molecule has 0 spiro atoms. The summed E-state index contributed by atoms with van der Waals surface area (Å²) in [7, 11) is -1.84. The molecule has 0 bridgehead atoms. The monoisotopic (exact) mass is 483 g/mol. The zero-order valence-electron chi connectivity index (χ0n) is 19.0. The van der Waals surface area contributed by atoms with Gasteiger partial charge in [-0.2, -0.15) is 0 Å². The Morgan fingerprint density at radius 1 is 1.29 bits per heavy atom. The number of rotatable bonds is 9. The number of halogens is 1. The summed E-state index contributed by atoms with van der Waals surface area (Å²) in [4.78, 5) is 19.0. The average molecular weight is 484 g/mol. The van der Waals surface area contributed by atoms with Crippen molar-refractivity contribution < 1.29 is 23.2 Å². The second-order valence-electron chi connectivity index (χ2n) is 7.83. The van der Waals surface area contributed by atoms with Gasteiger partial charge in [-0.15, -0.1) is 0 Å². The van der Waals surface area contributed by atoms with E-state index in [4.69, 9.17) is 4.74 Å². The van der Waals surface area contributed by atoms with E-state index >= 15 is 0 Å². The molecule has 1 unspecified atom stereocenters. The third-order valence-electron chi connectivity index (χ3n) is 5.86. The molecule has 34 heavy (non-hydrogen) atoms. The van der Waals surface area contributed by atoms with Gasteiger partial charge in [0.25, 0.3) is 0 Å². The minimum absolute atomic E-state index is 0.0683. The second kappa shape index (κ2) is 10.3. The molecule has 1 atom stereocenters. The van der Waals surface area contributed by atoms with Crippen LogP contribution in [0.25, 0.3) is 17.0 Å². The number of nitrogens with zero attached hydrogens (tertiary/aromatic N) is 2. The van der Waals surface area contributed by atoms with E-state index in [1.807, 2.05) is 6.08 Å². The molecule has 0 saturated carbocycles. The number of benzene rings is 2. The number of fused-ring (bicyclic) bond motifs is 3. The number of hydrogen-bond donors (Lipinski definition) is 2. The lowest BCUT2D eigenvalue weighted by atomic mass is 10.0. The van der Waals surface area contributed by atoms with Crippen molar-refractivity contribution in [2.45, 2.75) is 25.2 Å². The van der Waals surface area contributed by atoms with Crippen molar-refractivity contribution in [2.75, 3.05) is 31.0 Å². The molecule has 0 saturated heterocycles. The van der Waals surface area contributed by atoms with Gasteiger partial charge in [0.05, 0.1) is 28.9 Å². The molecule has 9 heteroatoms. The third-order valence-corrected chi connectivity index (χ3v) is 7.04. The Hall–Kier alpha value is -3.30. The molecular weight excluding hydrogens is 457 g/mol. The number of ether oxygens (including phenoxy) is 1. The number of likely N-dealkylation sites (N-methyl/N-ethyl adjacent to an activating group) is 1. The van der Waals surface area contributed by atoms with Gasteiger partial charge in [-0.3, -0.25) is 4.98 Å². The first kappa shape index (κ1) is 23.8. The fraction of sp³-hybridized carbons (Fsp3) is 0.280. The summed E-state index contributed by atoms with van der Waals surface area (Å²) < 4.78 is 35.5. The van der Waals surface area contributed by atoms with Gasteiger partial charge in [-0.05, 0) is 42.9 Å². The minimum Gasteiger partial charge on any atom is -0.491 e. The zero-order valence-corrected chi connectivity index (χ0v) is 19.8. The molecule has 0 amide bonds. The number of carboxylic acids is 1. The van der Waals surface area contributed by atoms with Crippen LogP contribution in [0.15, 0.2) is 47.5 Å². The van der Waals surface area contributed by atoms with Crippen LogP contribution in [-0.4, -0.2) is 51.4 Å². The summed E-state index contributed by atoms with van der Waals surface area (Å²) >= 11 is 0. The summed E-state index contributed by atoms with van der Waals surface area (Å²) in [5.74, 6) is -0.976. The van der Waals surface area contributed by atoms with Crippen molar-refractivity contribution in [1.29, 1.82) is 0 Å². The van der Waals surface area contributed by atoms with Gasteiger partial charge in [-0.1, -0.05) is 32.1 Å². The van der Waals surface area contributed by atoms with E-state index in [0.29, 0.717) is 46.7 Å². The summed E-state index contributed by atoms with van der Waals surface area (Å²) in [6.07, 6.45) is 5.83.